The summed E-state index contributed by atoms with van der Waals surface area (Å²) in [6, 6.07) is 0. The second-order valence-electron chi connectivity index (χ2n) is 6.31. The van der Waals surface area contributed by atoms with E-state index in [1.54, 1.807) is 7.11 Å². The second-order valence-corrected chi connectivity index (χ2v) is 6.31. The van der Waals surface area contributed by atoms with Gasteiger partial charge in [-0.3, -0.25) is 9.59 Å². The van der Waals surface area contributed by atoms with Crippen molar-refractivity contribution in [3.63, 3.8) is 0 Å². The van der Waals surface area contributed by atoms with Crippen LogP contribution in [-0.4, -0.2) is 25.3 Å². The van der Waals surface area contributed by atoms with Gasteiger partial charge in [-0.2, -0.15) is 0 Å². The maximum Gasteiger partial charge on any atom is 0.147 e. The third-order valence-electron chi connectivity index (χ3n) is 5.79. The van der Waals surface area contributed by atoms with Gasteiger partial charge in [-0.05, 0) is 30.6 Å². The van der Waals surface area contributed by atoms with Crippen LogP contribution in [0.3, 0.4) is 0 Å². The highest BCUT2D eigenvalue weighted by atomic mass is 16.5. The highest BCUT2D eigenvalue weighted by molar-refractivity contribution is 5.98. The Morgan fingerprint density at radius 1 is 1.17 bits per heavy atom. The second kappa shape index (κ2) is 3.53. The van der Waals surface area contributed by atoms with E-state index in [4.69, 9.17) is 4.74 Å². The molecule has 0 radical (unpaired) electrons. The highest BCUT2D eigenvalue weighted by Gasteiger charge is 2.68. The molecule has 7 atom stereocenters. The number of carbonyl (C=O) groups is 2. The van der Waals surface area contributed by atoms with Crippen LogP contribution >= 0.6 is 0 Å². The molecule has 3 fully saturated rings. The Labute approximate surface area is 107 Å². The maximum absolute atomic E-state index is 12.4. The van der Waals surface area contributed by atoms with Crippen molar-refractivity contribution in [2.24, 2.45) is 41.4 Å². The molecule has 4 aliphatic carbocycles. The highest BCUT2D eigenvalue weighted by Crippen LogP contribution is 2.64. The van der Waals surface area contributed by atoms with E-state index in [-0.39, 0.29) is 23.7 Å². The van der Waals surface area contributed by atoms with Crippen molar-refractivity contribution in [3.05, 3.63) is 12.2 Å². The SMILES string of the molecule is COCCC1CC2C(=O)C1C1C3C=CC(C3=O)C21. The number of ether oxygens (including phenoxy) is 1. The quantitative estimate of drug-likeness (QED) is 0.559. The van der Waals surface area contributed by atoms with Gasteiger partial charge in [-0.25, -0.2) is 0 Å². The minimum absolute atomic E-state index is 0.0595. The first-order chi connectivity index (χ1) is 8.74. The van der Waals surface area contributed by atoms with Crippen LogP contribution in [0.5, 0.6) is 0 Å². The Bertz CT molecular complexity index is 453. The summed E-state index contributed by atoms with van der Waals surface area (Å²) in [6.45, 7) is 0.733. The van der Waals surface area contributed by atoms with E-state index in [1.807, 2.05) is 0 Å². The molecule has 4 rings (SSSR count). The molecule has 0 amide bonds. The van der Waals surface area contributed by atoms with E-state index in [0.29, 0.717) is 29.3 Å². The van der Waals surface area contributed by atoms with Crippen molar-refractivity contribution in [2.75, 3.05) is 13.7 Å². The largest absolute Gasteiger partial charge is 0.385 e. The van der Waals surface area contributed by atoms with Gasteiger partial charge in [0.15, 0.2) is 0 Å². The molecule has 3 heteroatoms. The van der Waals surface area contributed by atoms with E-state index < -0.39 is 0 Å². The number of carbonyl (C=O) groups excluding carboxylic acids is 2. The Kier molecular flexibility index (Phi) is 2.14. The number of rotatable bonds is 3. The van der Waals surface area contributed by atoms with Gasteiger partial charge in [-0.1, -0.05) is 12.2 Å². The molecule has 7 unspecified atom stereocenters. The van der Waals surface area contributed by atoms with Crippen molar-refractivity contribution in [2.45, 2.75) is 12.8 Å². The zero-order chi connectivity index (χ0) is 12.4. The summed E-state index contributed by atoms with van der Waals surface area (Å²) in [4.78, 5) is 24.5. The number of methoxy groups -OCH3 is 1. The fraction of sp³-hybridized carbons (Fsp3) is 0.733. The summed E-state index contributed by atoms with van der Waals surface area (Å²) in [5.74, 6) is 2.45. The Morgan fingerprint density at radius 2 is 1.89 bits per heavy atom. The van der Waals surface area contributed by atoms with Gasteiger partial charge in [0.05, 0.1) is 0 Å². The smallest absolute Gasteiger partial charge is 0.147 e. The fourth-order valence-electron chi connectivity index (χ4n) is 5.23. The number of hydrogen-bond donors (Lipinski definition) is 0. The van der Waals surface area contributed by atoms with Crippen LogP contribution in [0.2, 0.25) is 0 Å². The van der Waals surface area contributed by atoms with Gasteiger partial charge in [-0.15, -0.1) is 0 Å². The Balaban J connectivity index is 1.65. The van der Waals surface area contributed by atoms with E-state index in [2.05, 4.69) is 12.2 Å². The summed E-state index contributed by atoms with van der Waals surface area (Å²) in [6.07, 6.45) is 6.10. The zero-order valence-corrected chi connectivity index (χ0v) is 10.5. The summed E-state index contributed by atoms with van der Waals surface area (Å²) in [7, 11) is 1.71. The van der Waals surface area contributed by atoms with E-state index in [0.717, 1.165) is 19.4 Å². The van der Waals surface area contributed by atoms with E-state index in [1.165, 1.54) is 0 Å². The lowest BCUT2D eigenvalue weighted by Crippen LogP contribution is -2.31. The monoisotopic (exact) mass is 246 g/mol. The van der Waals surface area contributed by atoms with E-state index in [9.17, 15) is 9.59 Å². The van der Waals surface area contributed by atoms with Crippen LogP contribution in [-0.2, 0) is 14.3 Å². The molecule has 0 aromatic rings. The average Bonchev–Trinajstić information content (AvgIpc) is 3.05. The molecule has 0 saturated heterocycles. The standard InChI is InChI=1S/C15H18O3/c1-18-5-4-7-6-10-12-8-2-3-9(14(8)16)13(12)11(7)15(10)17/h2-3,7-13H,4-6H2,1H3. The van der Waals surface area contributed by atoms with Gasteiger partial charge in [0.2, 0.25) is 0 Å². The molecule has 18 heavy (non-hydrogen) atoms. The van der Waals surface area contributed by atoms with Gasteiger partial charge in [0.25, 0.3) is 0 Å². The predicted octanol–water partition coefficient (Wildman–Crippen LogP) is 1.48. The lowest BCUT2D eigenvalue weighted by Gasteiger charge is -2.34. The summed E-state index contributed by atoms with van der Waals surface area (Å²) in [5.41, 5.74) is 0. The van der Waals surface area contributed by atoms with Gasteiger partial charge in [0, 0.05) is 37.4 Å². The first kappa shape index (κ1) is 10.9. The maximum atomic E-state index is 12.4. The van der Waals surface area contributed by atoms with Crippen LogP contribution in [0.25, 0.3) is 0 Å². The molecule has 3 saturated carbocycles. The van der Waals surface area contributed by atoms with Crippen molar-refractivity contribution in [3.8, 4) is 0 Å². The van der Waals surface area contributed by atoms with Crippen LogP contribution in [0, 0.1) is 41.4 Å². The van der Waals surface area contributed by atoms with Crippen LogP contribution in [0.1, 0.15) is 12.8 Å². The summed E-state index contributed by atoms with van der Waals surface area (Å²) < 4.78 is 5.15. The lowest BCUT2D eigenvalue weighted by molar-refractivity contribution is -0.125. The van der Waals surface area contributed by atoms with Crippen LogP contribution in [0.4, 0.5) is 0 Å². The van der Waals surface area contributed by atoms with Gasteiger partial charge in [0.1, 0.15) is 11.6 Å². The van der Waals surface area contributed by atoms with Crippen molar-refractivity contribution < 1.29 is 14.3 Å². The predicted molar refractivity (Wildman–Crippen MR) is 64.7 cm³/mol. The molecule has 96 valence electrons. The molecular formula is C15H18O3. The molecule has 0 aromatic carbocycles. The number of fused-ring (bicyclic) bond motifs is 9. The summed E-state index contributed by atoms with van der Waals surface area (Å²) >= 11 is 0. The van der Waals surface area contributed by atoms with Gasteiger partial charge >= 0.3 is 0 Å². The zero-order valence-electron chi connectivity index (χ0n) is 10.5. The van der Waals surface area contributed by atoms with Crippen LogP contribution in [0.15, 0.2) is 12.2 Å². The first-order valence-corrected chi connectivity index (χ1v) is 6.98. The van der Waals surface area contributed by atoms with Gasteiger partial charge < -0.3 is 4.74 Å². The molecule has 0 aromatic heterocycles. The molecule has 3 nitrogen and oxygen atoms in total. The number of hydrogen-bond acceptors (Lipinski definition) is 3. The summed E-state index contributed by atoms with van der Waals surface area (Å²) in [5, 5.41) is 0. The molecule has 0 spiro atoms. The van der Waals surface area contributed by atoms with E-state index >= 15 is 0 Å². The van der Waals surface area contributed by atoms with Crippen molar-refractivity contribution in [1.82, 2.24) is 0 Å². The Hall–Kier alpha value is -0.960. The van der Waals surface area contributed by atoms with Crippen molar-refractivity contribution in [1.29, 1.82) is 0 Å². The third-order valence-corrected chi connectivity index (χ3v) is 5.79. The minimum atomic E-state index is 0.0595. The van der Waals surface area contributed by atoms with Crippen LogP contribution < -0.4 is 0 Å². The number of ketones is 2. The normalized spacial score (nSPS) is 51.5. The first-order valence-electron chi connectivity index (χ1n) is 6.98. The molecule has 0 heterocycles. The fourth-order valence-corrected chi connectivity index (χ4v) is 5.23. The number of allylic oxidation sites excluding steroid dienone is 2. The third kappa shape index (κ3) is 1.09. The number of Topliss-reactive ketones (excluding diaryl/α,β-unsaturated/α-hetero) is 2. The lowest BCUT2D eigenvalue weighted by atomic mass is 9.69. The average molecular weight is 246 g/mol. The van der Waals surface area contributed by atoms with Crippen molar-refractivity contribution >= 4 is 11.6 Å². The molecule has 4 bridgehead atoms. The molecular weight excluding hydrogens is 228 g/mol. The molecule has 4 aliphatic rings. The topological polar surface area (TPSA) is 43.4 Å². The molecule has 0 N–H and O–H groups in total. The minimum Gasteiger partial charge on any atom is -0.385 e. The Morgan fingerprint density at radius 3 is 2.61 bits per heavy atom. The molecule has 0 aliphatic heterocycles.